The van der Waals surface area contributed by atoms with E-state index in [-0.39, 0.29) is 37.5 Å². The standard InChI is InChI=1S/C61H87N13O14S/c1-35(2)26-46(73(9)50(78)32-65-57(84)47(28-41-22-16-12-17-23-41)74(10)60(87)38(6)66-49(77)30-62)58(85)67-37(5)53(80)71-52(36(3)4)59(86)68-43(27-40-20-14-11-15-21-40)56(83)69-44(29-51(79)89-34-42-24-18-13-19-25-42)61(88)72(8)39(7)54(81)70-45(33-75)55(82)64-31-48(63)76/h11-25,35-39,43-47,52,75H,26-34,62H2,1-10H3,(H2,63,76)(H,64,82)(H,65,84)(H,66,77)(H,67,85)(H,68,86)(H,69,83)(H,70,81)(H,71,80)/t37-,38-,39-,43-,44-,45-,46-,47-,52-/m0/s1. The number of nitrogens with zero attached hydrogens (tertiary/aromatic N) is 3. The van der Waals surface area contributed by atoms with Gasteiger partial charge in [0.25, 0.3) is 0 Å². The van der Waals surface area contributed by atoms with Crippen molar-refractivity contribution in [2.75, 3.05) is 47.4 Å². The lowest BCUT2D eigenvalue weighted by molar-refractivity contribution is -0.143. The molecule has 9 atom stereocenters. The lowest BCUT2D eigenvalue weighted by Crippen LogP contribution is -2.61. The Hall–Kier alpha value is -8.76. The minimum Gasteiger partial charge on any atom is -0.394 e. The van der Waals surface area contributed by atoms with Crippen LogP contribution in [-0.2, 0) is 80.9 Å². The number of carbonyl (C=O) groups is 13. The van der Waals surface area contributed by atoms with Crippen molar-refractivity contribution in [3.8, 4) is 0 Å². The molecular formula is C61H87N13O14S. The molecule has 0 bridgehead atoms. The Bertz CT molecular complexity index is 2920. The molecule has 486 valence electrons. The fraction of sp³-hybridized carbons (Fsp3) is 0.492. The van der Waals surface area contributed by atoms with Gasteiger partial charge >= 0.3 is 0 Å². The number of primary amides is 1. The topological polar surface area (TPSA) is 400 Å². The average Bonchev–Trinajstić information content (AvgIpc) is 3.66. The average molecular weight is 1260 g/mol. The molecule has 0 spiro atoms. The molecule has 0 unspecified atom stereocenters. The SMILES string of the molecule is CC(C)C[C@@H](C(=O)N[C@@H](C)C(=O)N[C@H](C(=O)N[C@@H](Cc1ccccc1)C(=O)N[C@@H](CC(=O)SCc1ccccc1)C(=O)N(C)[C@@H](C)C(=O)N[C@@H](CO)C(=O)NCC(N)=O)C(C)C)N(C)C(=O)CNC(=O)[C@H](Cc1ccccc1)N(C)C(=O)[C@H](C)NC(=O)CN. The number of benzene rings is 3. The Morgan fingerprint density at radius 2 is 1.03 bits per heavy atom. The molecule has 0 aliphatic heterocycles. The molecule has 0 fully saturated rings. The minimum atomic E-state index is -1.64. The van der Waals surface area contributed by atoms with Crippen LogP contribution in [0.4, 0.5) is 0 Å². The highest BCUT2D eigenvalue weighted by atomic mass is 32.2. The molecule has 28 heteroatoms. The Morgan fingerprint density at radius 1 is 0.506 bits per heavy atom. The van der Waals surface area contributed by atoms with Crippen molar-refractivity contribution in [2.45, 2.75) is 134 Å². The molecule has 0 aliphatic rings. The number of rotatable bonds is 35. The zero-order valence-corrected chi connectivity index (χ0v) is 52.9. The van der Waals surface area contributed by atoms with Gasteiger partial charge < -0.3 is 73.8 Å². The molecule has 0 aromatic heterocycles. The van der Waals surface area contributed by atoms with Crippen LogP contribution in [0.15, 0.2) is 91.0 Å². The second kappa shape index (κ2) is 37.2. The molecule has 27 nitrogen and oxygen atoms in total. The summed E-state index contributed by atoms with van der Waals surface area (Å²) in [6.45, 7) is 8.54. The minimum absolute atomic E-state index is 0.0467. The van der Waals surface area contributed by atoms with Crippen LogP contribution in [-0.4, -0.2) is 198 Å². The normalized spacial score (nSPS) is 14.0. The first-order valence-electron chi connectivity index (χ1n) is 29.0. The number of hydrogen-bond acceptors (Lipinski definition) is 16. The van der Waals surface area contributed by atoms with E-state index < -0.39 is 162 Å². The van der Waals surface area contributed by atoms with Crippen molar-refractivity contribution in [3.63, 3.8) is 0 Å². The number of aliphatic hydroxyl groups is 1. The Kier molecular flexibility index (Phi) is 31.1. The molecule has 0 saturated heterocycles. The van der Waals surface area contributed by atoms with Gasteiger partial charge in [-0.3, -0.25) is 62.3 Å². The fourth-order valence-electron chi connectivity index (χ4n) is 8.87. The molecule has 0 heterocycles. The number of carbonyl (C=O) groups excluding carboxylic acids is 13. The highest BCUT2D eigenvalue weighted by molar-refractivity contribution is 8.12. The van der Waals surface area contributed by atoms with Crippen LogP contribution < -0.4 is 54.0 Å². The molecule has 12 amide bonds. The molecule has 3 aromatic rings. The summed E-state index contributed by atoms with van der Waals surface area (Å²) < 4.78 is 0. The molecular weight excluding hydrogens is 1170 g/mol. The third kappa shape index (κ3) is 24.7. The van der Waals surface area contributed by atoms with E-state index in [9.17, 15) is 67.4 Å². The first-order valence-corrected chi connectivity index (χ1v) is 30.0. The second-order valence-electron chi connectivity index (χ2n) is 22.2. The number of thioether (sulfide) groups is 1. The van der Waals surface area contributed by atoms with Crippen LogP contribution in [0.5, 0.6) is 0 Å². The summed E-state index contributed by atoms with van der Waals surface area (Å²) in [7, 11) is 3.97. The number of likely N-dealkylation sites (N-methyl/N-ethyl adjacent to an activating group) is 3. The van der Waals surface area contributed by atoms with Crippen molar-refractivity contribution in [1.82, 2.24) is 57.2 Å². The van der Waals surface area contributed by atoms with Crippen LogP contribution in [0.1, 0.15) is 78.0 Å². The first-order chi connectivity index (χ1) is 42.0. The number of nitrogens with one attached hydrogen (secondary N) is 8. The number of nitrogens with two attached hydrogens (primary N) is 2. The van der Waals surface area contributed by atoms with Crippen molar-refractivity contribution in [3.05, 3.63) is 108 Å². The Labute approximate surface area is 523 Å². The zero-order chi connectivity index (χ0) is 66.7. The maximum Gasteiger partial charge on any atom is 0.246 e. The van der Waals surface area contributed by atoms with Gasteiger partial charge in [-0.25, -0.2) is 0 Å². The molecule has 0 aliphatic carbocycles. The summed E-state index contributed by atoms with van der Waals surface area (Å²) in [5.74, 6) is -10.2. The fourth-order valence-corrected chi connectivity index (χ4v) is 9.68. The molecule has 3 aromatic carbocycles. The maximum absolute atomic E-state index is 14.6. The summed E-state index contributed by atoms with van der Waals surface area (Å²) in [6.07, 6.45) is -0.595. The van der Waals surface area contributed by atoms with Gasteiger partial charge in [-0.15, -0.1) is 0 Å². The summed E-state index contributed by atoms with van der Waals surface area (Å²) in [5, 5.41) is 29.5. The molecule has 89 heavy (non-hydrogen) atoms. The second-order valence-corrected chi connectivity index (χ2v) is 23.2. The van der Waals surface area contributed by atoms with Gasteiger partial charge in [-0.1, -0.05) is 130 Å². The van der Waals surface area contributed by atoms with E-state index >= 15 is 0 Å². The zero-order valence-electron chi connectivity index (χ0n) is 52.0. The van der Waals surface area contributed by atoms with Crippen LogP contribution in [0.2, 0.25) is 0 Å². The van der Waals surface area contributed by atoms with Crippen molar-refractivity contribution < 1.29 is 67.4 Å². The van der Waals surface area contributed by atoms with Crippen LogP contribution in [0.25, 0.3) is 0 Å². The van der Waals surface area contributed by atoms with Gasteiger partial charge in [0.15, 0.2) is 5.12 Å². The molecule has 13 N–H and O–H groups in total. The van der Waals surface area contributed by atoms with E-state index in [1.54, 1.807) is 105 Å². The monoisotopic (exact) mass is 1260 g/mol. The van der Waals surface area contributed by atoms with E-state index in [1.807, 2.05) is 13.8 Å². The summed E-state index contributed by atoms with van der Waals surface area (Å²) in [6, 6.07) is 14.2. The van der Waals surface area contributed by atoms with Crippen molar-refractivity contribution in [2.24, 2.45) is 23.3 Å². The van der Waals surface area contributed by atoms with Gasteiger partial charge in [0, 0.05) is 46.2 Å². The summed E-state index contributed by atoms with van der Waals surface area (Å²) in [5.41, 5.74) is 12.6. The van der Waals surface area contributed by atoms with Gasteiger partial charge in [0.05, 0.1) is 26.2 Å². The van der Waals surface area contributed by atoms with E-state index in [0.29, 0.717) is 11.1 Å². The molecule has 0 radical (unpaired) electrons. The number of hydrogen-bond donors (Lipinski definition) is 11. The molecule has 3 rings (SSSR count). The smallest absolute Gasteiger partial charge is 0.246 e. The van der Waals surface area contributed by atoms with Crippen LogP contribution in [0.3, 0.4) is 0 Å². The van der Waals surface area contributed by atoms with Crippen molar-refractivity contribution >= 4 is 87.8 Å². The van der Waals surface area contributed by atoms with Gasteiger partial charge in [0.1, 0.15) is 54.4 Å². The molecule has 0 saturated carbocycles. The van der Waals surface area contributed by atoms with Crippen LogP contribution in [0, 0.1) is 11.8 Å². The van der Waals surface area contributed by atoms with Gasteiger partial charge in [0.2, 0.25) is 70.9 Å². The predicted molar refractivity (Wildman–Crippen MR) is 332 cm³/mol. The van der Waals surface area contributed by atoms with Gasteiger partial charge in [-0.05, 0) is 55.7 Å². The third-order valence-corrected chi connectivity index (χ3v) is 15.3. The Balaban J connectivity index is 1.85. The van der Waals surface area contributed by atoms with Crippen molar-refractivity contribution in [1.29, 1.82) is 0 Å². The largest absolute Gasteiger partial charge is 0.394 e. The Morgan fingerprint density at radius 3 is 1.56 bits per heavy atom. The van der Waals surface area contributed by atoms with E-state index in [1.165, 1.54) is 46.8 Å². The number of amides is 12. The number of aliphatic hydroxyl groups excluding tert-OH is 1. The summed E-state index contributed by atoms with van der Waals surface area (Å²) in [4.78, 5) is 179. The maximum atomic E-state index is 14.6. The predicted octanol–water partition coefficient (Wildman–Crippen LogP) is -1.86. The highest BCUT2D eigenvalue weighted by Crippen LogP contribution is 2.19. The van der Waals surface area contributed by atoms with E-state index in [0.717, 1.165) is 27.1 Å². The highest BCUT2D eigenvalue weighted by Gasteiger charge is 2.38. The summed E-state index contributed by atoms with van der Waals surface area (Å²) >= 11 is 0.870. The first kappa shape index (κ1) is 74.5. The lowest BCUT2D eigenvalue weighted by Gasteiger charge is -2.32. The third-order valence-electron chi connectivity index (χ3n) is 14.3. The van der Waals surface area contributed by atoms with E-state index in [4.69, 9.17) is 11.5 Å². The van der Waals surface area contributed by atoms with E-state index in [2.05, 4.69) is 42.5 Å². The van der Waals surface area contributed by atoms with Crippen LogP contribution >= 0.6 is 11.8 Å². The van der Waals surface area contributed by atoms with Gasteiger partial charge in [-0.2, -0.15) is 0 Å². The lowest BCUT2D eigenvalue weighted by atomic mass is 10.00. The quantitative estimate of drug-likeness (QED) is 0.0308.